The second-order valence-corrected chi connectivity index (χ2v) is 9.08. The zero-order valence-corrected chi connectivity index (χ0v) is 16.8. The van der Waals surface area contributed by atoms with Crippen LogP contribution in [0.5, 0.6) is 0 Å². The lowest BCUT2D eigenvalue weighted by Gasteiger charge is -2.34. The van der Waals surface area contributed by atoms with E-state index in [0.29, 0.717) is 5.69 Å². The third-order valence-corrected chi connectivity index (χ3v) is 7.23. The van der Waals surface area contributed by atoms with Crippen LogP contribution in [0.4, 0.5) is 0 Å². The van der Waals surface area contributed by atoms with Crippen molar-refractivity contribution in [3.63, 3.8) is 0 Å². The van der Waals surface area contributed by atoms with Crippen molar-refractivity contribution in [2.24, 2.45) is 0 Å². The molecule has 1 aliphatic heterocycles. The Kier molecular flexibility index (Phi) is 5.45. The quantitative estimate of drug-likeness (QED) is 0.754. The summed E-state index contributed by atoms with van der Waals surface area (Å²) >= 11 is 15.3. The number of H-pyrrole nitrogens is 1. The summed E-state index contributed by atoms with van der Waals surface area (Å²) in [6.07, 6.45) is 1.67. The van der Waals surface area contributed by atoms with Crippen LogP contribution < -0.4 is 0 Å². The molecule has 1 aromatic carbocycles. The second-order valence-electron chi connectivity index (χ2n) is 5.48. The van der Waals surface area contributed by atoms with Gasteiger partial charge in [0.2, 0.25) is 10.0 Å². The average Bonchev–Trinajstić information content (AvgIpc) is 3.00. The van der Waals surface area contributed by atoms with Crippen molar-refractivity contribution >= 4 is 55.1 Å². The number of rotatable bonds is 3. The molecule has 1 amide bonds. The van der Waals surface area contributed by atoms with E-state index in [9.17, 15) is 13.2 Å². The maximum atomic E-state index is 12.8. The van der Waals surface area contributed by atoms with Gasteiger partial charge in [0.15, 0.2) is 0 Å². The molecule has 25 heavy (non-hydrogen) atoms. The number of nitrogens with zero attached hydrogens (tertiary/aromatic N) is 2. The number of hydrogen-bond acceptors (Lipinski definition) is 3. The van der Waals surface area contributed by atoms with Gasteiger partial charge in [-0.2, -0.15) is 4.31 Å². The Morgan fingerprint density at radius 3 is 2.24 bits per heavy atom. The van der Waals surface area contributed by atoms with Gasteiger partial charge in [0.25, 0.3) is 5.91 Å². The lowest BCUT2D eigenvalue weighted by atomic mass is 10.3. The topological polar surface area (TPSA) is 73.5 Å². The first-order valence-corrected chi connectivity index (χ1v) is 10.4. The number of sulfonamides is 1. The van der Waals surface area contributed by atoms with E-state index in [1.165, 1.54) is 16.4 Å². The molecule has 6 nitrogen and oxygen atoms in total. The first kappa shape index (κ1) is 18.7. The van der Waals surface area contributed by atoms with Crippen LogP contribution in [0, 0.1) is 0 Å². The molecule has 0 unspecified atom stereocenters. The molecular weight excluding hydrogens is 453 g/mol. The van der Waals surface area contributed by atoms with Crippen LogP contribution in [0.3, 0.4) is 0 Å². The SMILES string of the molecule is O=C(c1cc(Br)c[nH]1)N1CCN(S(=O)(=O)c2c(Cl)cccc2Cl)CC1. The van der Waals surface area contributed by atoms with Gasteiger partial charge in [0.05, 0.1) is 10.0 Å². The van der Waals surface area contributed by atoms with Crippen LogP contribution in [-0.2, 0) is 10.0 Å². The summed E-state index contributed by atoms with van der Waals surface area (Å²) in [5.74, 6) is -0.168. The number of aromatic amines is 1. The number of carbonyl (C=O) groups is 1. The van der Waals surface area contributed by atoms with Crippen molar-refractivity contribution in [1.82, 2.24) is 14.2 Å². The molecule has 0 radical (unpaired) electrons. The first-order chi connectivity index (χ1) is 11.8. The van der Waals surface area contributed by atoms with Crippen molar-refractivity contribution in [2.75, 3.05) is 26.2 Å². The van der Waals surface area contributed by atoms with Crippen molar-refractivity contribution in [2.45, 2.75) is 4.90 Å². The standard InChI is InChI=1S/C15H14BrCl2N3O3S/c16-10-8-13(19-9-10)15(22)20-4-6-21(7-5-20)25(23,24)14-11(17)2-1-3-12(14)18/h1-3,8-9,19H,4-7H2. The van der Waals surface area contributed by atoms with E-state index in [0.717, 1.165) is 4.47 Å². The summed E-state index contributed by atoms with van der Waals surface area (Å²) in [4.78, 5) is 16.8. The van der Waals surface area contributed by atoms with E-state index >= 15 is 0 Å². The van der Waals surface area contributed by atoms with E-state index in [1.807, 2.05) is 0 Å². The number of carbonyl (C=O) groups excluding carboxylic acids is 1. The lowest BCUT2D eigenvalue weighted by molar-refractivity contribution is 0.0692. The summed E-state index contributed by atoms with van der Waals surface area (Å²) in [6.45, 7) is 0.933. The minimum atomic E-state index is -3.82. The highest BCUT2D eigenvalue weighted by atomic mass is 79.9. The summed E-state index contributed by atoms with van der Waals surface area (Å²) in [5.41, 5.74) is 0.456. The van der Waals surface area contributed by atoms with Gasteiger partial charge in [-0.3, -0.25) is 4.79 Å². The molecule has 0 spiro atoms. The van der Waals surface area contributed by atoms with Crippen LogP contribution in [0.2, 0.25) is 10.0 Å². The third kappa shape index (κ3) is 3.73. The maximum Gasteiger partial charge on any atom is 0.270 e. The number of benzene rings is 1. The summed E-state index contributed by atoms with van der Waals surface area (Å²) in [7, 11) is -3.82. The Bertz CT molecular complexity index is 888. The Morgan fingerprint density at radius 1 is 1.12 bits per heavy atom. The van der Waals surface area contributed by atoms with Crippen molar-refractivity contribution in [3.8, 4) is 0 Å². The number of hydrogen-bond donors (Lipinski definition) is 1. The van der Waals surface area contributed by atoms with Gasteiger partial charge in [-0.15, -0.1) is 0 Å². The predicted molar refractivity (Wildman–Crippen MR) is 99.6 cm³/mol. The fourth-order valence-electron chi connectivity index (χ4n) is 2.65. The van der Waals surface area contributed by atoms with E-state index in [4.69, 9.17) is 23.2 Å². The number of piperazine rings is 1. The largest absolute Gasteiger partial charge is 0.356 e. The summed E-state index contributed by atoms with van der Waals surface area (Å²) in [5, 5.41) is 0.171. The molecule has 0 atom stereocenters. The first-order valence-electron chi connectivity index (χ1n) is 7.38. The molecule has 0 saturated carbocycles. The van der Waals surface area contributed by atoms with Crippen LogP contribution in [0.25, 0.3) is 0 Å². The Labute approximate surface area is 163 Å². The molecule has 1 fully saturated rings. The number of nitrogens with one attached hydrogen (secondary N) is 1. The van der Waals surface area contributed by atoms with E-state index < -0.39 is 10.0 Å². The molecule has 1 aromatic heterocycles. The fourth-order valence-corrected chi connectivity index (χ4v) is 5.51. The van der Waals surface area contributed by atoms with Crippen LogP contribution in [-0.4, -0.2) is 54.7 Å². The van der Waals surface area contributed by atoms with Gasteiger partial charge in [-0.05, 0) is 34.1 Å². The number of amides is 1. The molecule has 0 bridgehead atoms. The maximum absolute atomic E-state index is 12.8. The van der Waals surface area contributed by atoms with Gasteiger partial charge >= 0.3 is 0 Å². The lowest BCUT2D eigenvalue weighted by Crippen LogP contribution is -2.50. The Morgan fingerprint density at radius 2 is 1.72 bits per heavy atom. The monoisotopic (exact) mass is 465 g/mol. The van der Waals surface area contributed by atoms with E-state index in [2.05, 4.69) is 20.9 Å². The van der Waals surface area contributed by atoms with Gasteiger partial charge in [0.1, 0.15) is 10.6 Å². The highest BCUT2D eigenvalue weighted by molar-refractivity contribution is 9.10. The predicted octanol–water partition coefficient (Wildman–Crippen LogP) is 3.23. The molecule has 2 aromatic rings. The molecule has 1 saturated heterocycles. The van der Waals surface area contributed by atoms with Crippen molar-refractivity contribution in [1.29, 1.82) is 0 Å². The van der Waals surface area contributed by atoms with Gasteiger partial charge in [-0.25, -0.2) is 8.42 Å². The minimum absolute atomic E-state index is 0.0854. The molecule has 1 N–H and O–H groups in total. The van der Waals surface area contributed by atoms with Gasteiger partial charge in [0, 0.05) is 36.8 Å². The fraction of sp³-hybridized carbons (Fsp3) is 0.267. The van der Waals surface area contributed by atoms with E-state index in [1.54, 1.807) is 23.2 Å². The molecule has 2 heterocycles. The normalized spacial score (nSPS) is 16.2. The average molecular weight is 467 g/mol. The summed E-state index contributed by atoms with van der Waals surface area (Å²) in [6, 6.07) is 6.26. The Balaban J connectivity index is 1.75. The minimum Gasteiger partial charge on any atom is -0.356 e. The van der Waals surface area contributed by atoms with Crippen LogP contribution >= 0.6 is 39.1 Å². The zero-order chi connectivity index (χ0) is 18.2. The van der Waals surface area contributed by atoms with E-state index in [-0.39, 0.29) is 47.0 Å². The smallest absolute Gasteiger partial charge is 0.270 e. The number of halogens is 3. The highest BCUT2D eigenvalue weighted by Gasteiger charge is 2.33. The Hall–Kier alpha value is -1.06. The van der Waals surface area contributed by atoms with Gasteiger partial charge < -0.3 is 9.88 Å². The van der Waals surface area contributed by atoms with Crippen LogP contribution in [0.1, 0.15) is 10.5 Å². The molecule has 134 valence electrons. The molecule has 10 heteroatoms. The van der Waals surface area contributed by atoms with Crippen LogP contribution in [0.15, 0.2) is 39.8 Å². The molecule has 0 aliphatic carbocycles. The molecular formula is C15H14BrCl2N3O3S. The third-order valence-electron chi connectivity index (χ3n) is 3.92. The number of aromatic nitrogens is 1. The van der Waals surface area contributed by atoms with Crippen molar-refractivity contribution in [3.05, 3.63) is 50.7 Å². The summed E-state index contributed by atoms with van der Waals surface area (Å²) < 4.78 is 27.7. The van der Waals surface area contributed by atoms with Crippen molar-refractivity contribution < 1.29 is 13.2 Å². The molecule has 1 aliphatic rings. The zero-order valence-electron chi connectivity index (χ0n) is 12.9. The van der Waals surface area contributed by atoms with Gasteiger partial charge in [-0.1, -0.05) is 29.3 Å². The molecule has 3 rings (SSSR count). The highest BCUT2D eigenvalue weighted by Crippen LogP contribution is 2.32. The second kappa shape index (κ2) is 7.28.